The van der Waals surface area contributed by atoms with Gasteiger partial charge in [-0.3, -0.25) is 14.4 Å². The third kappa shape index (κ3) is 11.0. The highest BCUT2D eigenvalue weighted by molar-refractivity contribution is 5.74. The van der Waals surface area contributed by atoms with E-state index in [4.69, 9.17) is 4.84 Å². The summed E-state index contributed by atoms with van der Waals surface area (Å²) >= 11 is 0. The molecule has 0 aromatic rings. The molecular weight excluding hydrogens is 208 g/mol. The minimum Gasteiger partial charge on any atom is -0.356 e. The van der Waals surface area contributed by atoms with Crippen molar-refractivity contribution in [1.82, 2.24) is 10.8 Å². The van der Waals surface area contributed by atoms with E-state index in [-0.39, 0.29) is 17.9 Å². The molecule has 0 radical (unpaired) electrons. The summed E-state index contributed by atoms with van der Waals surface area (Å²) < 4.78 is 0. The number of rotatable bonds is 8. The number of amides is 2. The summed E-state index contributed by atoms with van der Waals surface area (Å²) in [5, 5.41) is 2.71. The first-order valence-corrected chi connectivity index (χ1v) is 5.71. The molecule has 0 rings (SSSR count). The molecule has 0 spiro atoms. The van der Waals surface area contributed by atoms with Crippen LogP contribution < -0.4 is 10.8 Å². The maximum atomic E-state index is 11.2. The number of hydrogen-bond donors (Lipinski definition) is 2. The normalized spacial score (nSPS) is 10.2. The van der Waals surface area contributed by atoms with E-state index in [9.17, 15) is 9.59 Å². The Kier molecular flexibility index (Phi) is 8.52. The highest BCUT2D eigenvalue weighted by Crippen LogP contribution is 1.99. The van der Waals surface area contributed by atoms with Crippen LogP contribution in [0, 0.1) is 0 Å². The lowest BCUT2D eigenvalue weighted by Crippen LogP contribution is -2.26. The van der Waals surface area contributed by atoms with Crippen LogP contribution in [0.25, 0.3) is 0 Å². The van der Waals surface area contributed by atoms with E-state index in [2.05, 4.69) is 10.8 Å². The van der Waals surface area contributed by atoms with Gasteiger partial charge in [-0.15, -0.1) is 0 Å². The lowest BCUT2D eigenvalue weighted by atomic mass is 10.2. The largest absolute Gasteiger partial charge is 0.356 e. The van der Waals surface area contributed by atoms with Crippen LogP contribution in [0.15, 0.2) is 0 Å². The first-order chi connectivity index (χ1) is 7.52. The number of carbonyl (C=O) groups is 2. The Labute approximate surface area is 96.9 Å². The number of hydroxylamine groups is 1. The first-order valence-electron chi connectivity index (χ1n) is 5.71. The Hall–Kier alpha value is -1.10. The predicted octanol–water partition coefficient (Wildman–Crippen LogP) is 1.14. The highest BCUT2D eigenvalue weighted by Gasteiger charge is 2.02. The van der Waals surface area contributed by atoms with Crippen molar-refractivity contribution in [3.63, 3.8) is 0 Å². The molecule has 0 aliphatic carbocycles. The van der Waals surface area contributed by atoms with Crippen LogP contribution in [0.4, 0.5) is 0 Å². The molecule has 5 heteroatoms. The summed E-state index contributed by atoms with van der Waals surface area (Å²) in [5.41, 5.74) is 2.38. The Morgan fingerprint density at radius 1 is 1.19 bits per heavy atom. The number of unbranched alkanes of at least 4 members (excludes halogenated alkanes) is 2. The fraction of sp³-hybridized carbons (Fsp3) is 0.818. The van der Waals surface area contributed by atoms with Gasteiger partial charge in [0.05, 0.1) is 6.10 Å². The van der Waals surface area contributed by atoms with E-state index in [0.717, 1.165) is 19.3 Å². The van der Waals surface area contributed by atoms with Crippen LogP contribution in [-0.4, -0.2) is 24.5 Å². The third-order valence-corrected chi connectivity index (χ3v) is 1.86. The Balaban J connectivity index is 3.24. The molecule has 0 saturated heterocycles. The van der Waals surface area contributed by atoms with Crippen LogP contribution in [0.5, 0.6) is 0 Å². The fourth-order valence-electron chi connectivity index (χ4n) is 1.09. The predicted molar refractivity (Wildman–Crippen MR) is 61.5 cm³/mol. The molecule has 0 unspecified atom stereocenters. The number of carbonyl (C=O) groups excluding carboxylic acids is 2. The quantitative estimate of drug-likeness (QED) is 0.485. The smallest absolute Gasteiger partial charge is 0.243 e. The van der Waals surface area contributed by atoms with Crippen LogP contribution in [-0.2, 0) is 14.4 Å². The van der Waals surface area contributed by atoms with Gasteiger partial charge in [0.2, 0.25) is 11.8 Å². The van der Waals surface area contributed by atoms with E-state index < -0.39 is 0 Å². The second-order valence-corrected chi connectivity index (χ2v) is 3.99. The lowest BCUT2D eigenvalue weighted by Gasteiger charge is -2.08. The molecule has 16 heavy (non-hydrogen) atoms. The van der Waals surface area contributed by atoms with Gasteiger partial charge in [0.15, 0.2) is 0 Å². The molecule has 0 aliphatic rings. The van der Waals surface area contributed by atoms with Crippen molar-refractivity contribution >= 4 is 11.8 Å². The second kappa shape index (κ2) is 9.15. The maximum Gasteiger partial charge on any atom is 0.243 e. The average Bonchev–Trinajstić information content (AvgIpc) is 2.19. The van der Waals surface area contributed by atoms with Crippen molar-refractivity contribution in [2.45, 2.75) is 52.6 Å². The SMILES string of the molecule is CC(=O)NCCCCCC(=O)NOC(C)C. The molecule has 0 aromatic carbocycles. The molecule has 94 valence electrons. The molecule has 0 bridgehead atoms. The lowest BCUT2D eigenvalue weighted by molar-refractivity contribution is -0.137. The van der Waals surface area contributed by atoms with Gasteiger partial charge in [-0.05, 0) is 26.7 Å². The van der Waals surface area contributed by atoms with Crippen molar-refractivity contribution in [2.24, 2.45) is 0 Å². The maximum absolute atomic E-state index is 11.2. The van der Waals surface area contributed by atoms with Crippen molar-refractivity contribution in [1.29, 1.82) is 0 Å². The van der Waals surface area contributed by atoms with E-state index in [1.807, 2.05) is 13.8 Å². The minimum atomic E-state index is -0.0896. The van der Waals surface area contributed by atoms with Gasteiger partial charge in [-0.25, -0.2) is 5.48 Å². The molecule has 2 amide bonds. The Morgan fingerprint density at radius 2 is 1.88 bits per heavy atom. The Morgan fingerprint density at radius 3 is 2.44 bits per heavy atom. The third-order valence-electron chi connectivity index (χ3n) is 1.86. The summed E-state index contributed by atoms with van der Waals surface area (Å²) in [6, 6.07) is 0. The van der Waals surface area contributed by atoms with Gasteiger partial charge in [-0.2, -0.15) is 0 Å². The van der Waals surface area contributed by atoms with E-state index in [0.29, 0.717) is 13.0 Å². The summed E-state index contributed by atoms with van der Waals surface area (Å²) in [7, 11) is 0. The molecular formula is C11H22N2O3. The molecule has 0 aromatic heterocycles. The average molecular weight is 230 g/mol. The van der Waals surface area contributed by atoms with Crippen LogP contribution in [0.2, 0.25) is 0 Å². The van der Waals surface area contributed by atoms with Gasteiger partial charge >= 0.3 is 0 Å². The van der Waals surface area contributed by atoms with E-state index >= 15 is 0 Å². The van der Waals surface area contributed by atoms with Crippen LogP contribution >= 0.6 is 0 Å². The van der Waals surface area contributed by atoms with Gasteiger partial charge in [0.25, 0.3) is 0 Å². The summed E-state index contributed by atoms with van der Waals surface area (Å²) in [6.07, 6.45) is 3.11. The van der Waals surface area contributed by atoms with E-state index in [1.165, 1.54) is 6.92 Å². The monoisotopic (exact) mass is 230 g/mol. The van der Waals surface area contributed by atoms with E-state index in [1.54, 1.807) is 0 Å². The summed E-state index contributed by atoms with van der Waals surface area (Å²) in [6.45, 7) is 5.89. The van der Waals surface area contributed by atoms with Crippen molar-refractivity contribution < 1.29 is 14.4 Å². The molecule has 5 nitrogen and oxygen atoms in total. The van der Waals surface area contributed by atoms with Crippen molar-refractivity contribution in [3.8, 4) is 0 Å². The van der Waals surface area contributed by atoms with Gasteiger partial charge in [0.1, 0.15) is 0 Å². The number of hydrogen-bond acceptors (Lipinski definition) is 3. The second-order valence-electron chi connectivity index (χ2n) is 3.99. The zero-order chi connectivity index (χ0) is 12.4. The topological polar surface area (TPSA) is 67.4 Å². The first kappa shape index (κ1) is 14.9. The molecule has 0 fully saturated rings. The van der Waals surface area contributed by atoms with Gasteiger partial charge in [-0.1, -0.05) is 6.42 Å². The molecule has 0 heterocycles. The molecule has 0 saturated carbocycles. The van der Waals surface area contributed by atoms with Crippen LogP contribution in [0.1, 0.15) is 46.5 Å². The molecule has 0 aliphatic heterocycles. The Bertz CT molecular complexity index is 217. The molecule has 2 N–H and O–H groups in total. The zero-order valence-corrected chi connectivity index (χ0v) is 10.3. The van der Waals surface area contributed by atoms with Gasteiger partial charge in [0, 0.05) is 19.9 Å². The highest BCUT2D eigenvalue weighted by atomic mass is 16.7. The number of nitrogens with one attached hydrogen (secondary N) is 2. The van der Waals surface area contributed by atoms with Gasteiger partial charge < -0.3 is 5.32 Å². The van der Waals surface area contributed by atoms with Crippen molar-refractivity contribution in [2.75, 3.05) is 6.54 Å². The summed E-state index contributed by atoms with van der Waals surface area (Å²) in [5.74, 6) is -0.101. The standard InChI is InChI=1S/C11H22N2O3/c1-9(2)16-13-11(15)7-5-4-6-8-12-10(3)14/h9H,4-8H2,1-3H3,(H,12,14)(H,13,15). The van der Waals surface area contributed by atoms with Crippen LogP contribution in [0.3, 0.4) is 0 Å². The minimum absolute atomic E-state index is 0.00344. The van der Waals surface area contributed by atoms with Crippen molar-refractivity contribution in [3.05, 3.63) is 0 Å². The molecule has 0 atom stereocenters. The zero-order valence-electron chi connectivity index (χ0n) is 10.3. The summed E-state index contributed by atoms with van der Waals surface area (Å²) in [4.78, 5) is 26.7. The fourth-order valence-corrected chi connectivity index (χ4v) is 1.09.